The third kappa shape index (κ3) is 6.64. The molecule has 0 aliphatic carbocycles. The maximum atomic E-state index is 9.25. The lowest BCUT2D eigenvalue weighted by molar-refractivity contribution is 0.162. The van der Waals surface area contributed by atoms with Gasteiger partial charge in [-0.05, 0) is 38.5 Å². The molecular formula is C14H22O3. The summed E-state index contributed by atoms with van der Waals surface area (Å²) < 4.78 is 9.78. The van der Waals surface area contributed by atoms with E-state index in [2.05, 4.69) is 0 Å². The van der Waals surface area contributed by atoms with Crippen molar-refractivity contribution in [2.45, 2.75) is 20.8 Å². The van der Waals surface area contributed by atoms with Crippen molar-refractivity contribution in [3.8, 4) is 11.5 Å². The quantitative estimate of drug-likeness (QED) is 0.872. The minimum atomic E-state index is 0.172. The second kappa shape index (κ2) is 9.73. The Morgan fingerprint density at radius 3 is 2.29 bits per heavy atom. The predicted molar refractivity (Wildman–Crippen MR) is 71.5 cm³/mol. The Hall–Kier alpha value is -1.48. The van der Waals surface area contributed by atoms with Crippen LogP contribution in [0.15, 0.2) is 24.3 Å². The van der Waals surface area contributed by atoms with Crippen LogP contribution in [0.2, 0.25) is 0 Å². The molecule has 0 unspecified atom stereocenters. The molecule has 3 heteroatoms. The van der Waals surface area contributed by atoms with Gasteiger partial charge >= 0.3 is 0 Å². The molecule has 0 radical (unpaired) electrons. The van der Waals surface area contributed by atoms with Crippen LogP contribution in [0.25, 0.3) is 6.08 Å². The van der Waals surface area contributed by atoms with E-state index in [9.17, 15) is 5.11 Å². The lowest BCUT2D eigenvalue weighted by Crippen LogP contribution is -1.84. The summed E-state index contributed by atoms with van der Waals surface area (Å²) in [6, 6.07) is 5.24. The number of ether oxygens (including phenoxy) is 2. The van der Waals surface area contributed by atoms with Crippen molar-refractivity contribution < 1.29 is 14.6 Å². The highest BCUT2D eigenvalue weighted by molar-refractivity contribution is 5.55. The smallest absolute Gasteiger partial charge is 0.161 e. The van der Waals surface area contributed by atoms with Crippen molar-refractivity contribution >= 4 is 6.08 Å². The normalized spacial score (nSPS) is 9.88. The molecule has 0 fully saturated rings. The van der Waals surface area contributed by atoms with Crippen LogP contribution in [0.5, 0.6) is 11.5 Å². The Labute approximate surface area is 104 Å². The standard InChI is InChI=1S/C10H12O2.C4H10O/c1-3-4-8-5-6-9(11)10(7-8)12-2;1-3-5-4-2/h3-7,11H,1-2H3;3-4H2,1-2H3/b4-3+;. The van der Waals surface area contributed by atoms with E-state index >= 15 is 0 Å². The van der Waals surface area contributed by atoms with E-state index in [1.807, 2.05) is 39.0 Å². The third-order valence-electron chi connectivity index (χ3n) is 1.97. The number of hydrogen-bond acceptors (Lipinski definition) is 3. The van der Waals surface area contributed by atoms with Gasteiger partial charge in [0, 0.05) is 13.2 Å². The number of rotatable bonds is 4. The maximum absolute atomic E-state index is 9.25. The van der Waals surface area contributed by atoms with Gasteiger partial charge in [-0.25, -0.2) is 0 Å². The molecule has 0 aliphatic heterocycles. The molecule has 3 nitrogen and oxygen atoms in total. The van der Waals surface area contributed by atoms with Crippen LogP contribution < -0.4 is 4.74 Å². The Morgan fingerprint density at radius 2 is 1.88 bits per heavy atom. The number of allylic oxidation sites excluding steroid dienone is 1. The Morgan fingerprint density at radius 1 is 1.24 bits per heavy atom. The van der Waals surface area contributed by atoms with Crippen LogP contribution in [0, 0.1) is 0 Å². The minimum absolute atomic E-state index is 0.172. The van der Waals surface area contributed by atoms with Gasteiger partial charge in [-0.3, -0.25) is 0 Å². The molecule has 1 aromatic carbocycles. The van der Waals surface area contributed by atoms with E-state index in [0.29, 0.717) is 5.75 Å². The molecule has 1 aromatic rings. The Bertz CT molecular complexity index is 330. The zero-order chi connectivity index (χ0) is 13.1. The molecule has 0 bridgehead atoms. The summed E-state index contributed by atoms with van der Waals surface area (Å²) in [4.78, 5) is 0. The van der Waals surface area contributed by atoms with E-state index in [-0.39, 0.29) is 5.75 Å². The van der Waals surface area contributed by atoms with Gasteiger partial charge in [0.2, 0.25) is 0 Å². The maximum Gasteiger partial charge on any atom is 0.161 e. The van der Waals surface area contributed by atoms with Gasteiger partial charge < -0.3 is 14.6 Å². The second-order valence-electron chi connectivity index (χ2n) is 3.21. The number of aromatic hydroxyl groups is 1. The van der Waals surface area contributed by atoms with E-state index < -0.39 is 0 Å². The fourth-order valence-corrected chi connectivity index (χ4v) is 1.19. The highest BCUT2D eigenvalue weighted by Crippen LogP contribution is 2.26. The largest absolute Gasteiger partial charge is 0.504 e. The molecule has 1 N–H and O–H groups in total. The van der Waals surface area contributed by atoms with Crippen molar-refractivity contribution in [2.75, 3.05) is 20.3 Å². The number of methoxy groups -OCH3 is 1. The van der Waals surface area contributed by atoms with Gasteiger partial charge in [-0.1, -0.05) is 18.2 Å². The van der Waals surface area contributed by atoms with Crippen molar-refractivity contribution in [1.82, 2.24) is 0 Å². The van der Waals surface area contributed by atoms with Crippen LogP contribution >= 0.6 is 0 Å². The van der Waals surface area contributed by atoms with Gasteiger partial charge in [-0.2, -0.15) is 0 Å². The van der Waals surface area contributed by atoms with Crippen molar-refractivity contribution in [2.24, 2.45) is 0 Å². The monoisotopic (exact) mass is 238 g/mol. The summed E-state index contributed by atoms with van der Waals surface area (Å²) in [5, 5.41) is 9.25. The summed E-state index contributed by atoms with van der Waals surface area (Å²) in [6.07, 6.45) is 3.88. The minimum Gasteiger partial charge on any atom is -0.504 e. The van der Waals surface area contributed by atoms with Gasteiger partial charge in [0.05, 0.1) is 7.11 Å². The van der Waals surface area contributed by atoms with Crippen LogP contribution in [0.4, 0.5) is 0 Å². The number of phenols is 1. The molecular weight excluding hydrogens is 216 g/mol. The van der Waals surface area contributed by atoms with E-state index in [4.69, 9.17) is 9.47 Å². The molecule has 0 aliphatic rings. The van der Waals surface area contributed by atoms with Crippen LogP contribution in [0.1, 0.15) is 26.3 Å². The first kappa shape index (κ1) is 15.5. The van der Waals surface area contributed by atoms with Crippen LogP contribution in [0.3, 0.4) is 0 Å². The first-order valence-electron chi connectivity index (χ1n) is 5.76. The molecule has 0 atom stereocenters. The Balaban J connectivity index is 0.000000437. The summed E-state index contributed by atoms with van der Waals surface area (Å²) in [5.41, 5.74) is 1.02. The van der Waals surface area contributed by atoms with Crippen molar-refractivity contribution in [1.29, 1.82) is 0 Å². The van der Waals surface area contributed by atoms with Gasteiger partial charge in [-0.15, -0.1) is 0 Å². The van der Waals surface area contributed by atoms with E-state index in [1.165, 1.54) is 7.11 Å². The van der Waals surface area contributed by atoms with E-state index in [1.54, 1.807) is 12.1 Å². The number of benzene rings is 1. The van der Waals surface area contributed by atoms with Gasteiger partial charge in [0.25, 0.3) is 0 Å². The average Bonchev–Trinajstić information content (AvgIpc) is 2.34. The fourth-order valence-electron chi connectivity index (χ4n) is 1.19. The van der Waals surface area contributed by atoms with Crippen LogP contribution in [-0.4, -0.2) is 25.4 Å². The molecule has 17 heavy (non-hydrogen) atoms. The topological polar surface area (TPSA) is 38.7 Å². The zero-order valence-corrected chi connectivity index (χ0v) is 11.1. The zero-order valence-electron chi connectivity index (χ0n) is 11.1. The predicted octanol–water partition coefficient (Wildman–Crippen LogP) is 3.48. The molecule has 0 amide bonds. The first-order chi connectivity index (χ1) is 8.19. The molecule has 0 spiro atoms. The highest BCUT2D eigenvalue weighted by atomic mass is 16.5. The third-order valence-corrected chi connectivity index (χ3v) is 1.97. The summed E-state index contributed by atoms with van der Waals surface area (Å²) in [6.45, 7) is 7.61. The van der Waals surface area contributed by atoms with Crippen molar-refractivity contribution in [3.63, 3.8) is 0 Å². The van der Waals surface area contributed by atoms with Crippen molar-refractivity contribution in [3.05, 3.63) is 29.8 Å². The number of phenolic OH excluding ortho intramolecular Hbond substituents is 1. The molecule has 0 saturated carbocycles. The van der Waals surface area contributed by atoms with Gasteiger partial charge in [0.15, 0.2) is 11.5 Å². The lowest BCUT2D eigenvalue weighted by Gasteiger charge is -2.03. The summed E-state index contributed by atoms with van der Waals surface area (Å²) in [5.74, 6) is 0.677. The van der Waals surface area contributed by atoms with Gasteiger partial charge in [0.1, 0.15) is 0 Å². The summed E-state index contributed by atoms with van der Waals surface area (Å²) >= 11 is 0. The molecule has 96 valence electrons. The molecule has 0 saturated heterocycles. The highest BCUT2D eigenvalue weighted by Gasteiger charge is 1.99. The summed E-state index contributed by atoms with van der Waals surface area (Å²) in [7, 11) is 1.54. The first-order valence-corrected chi connectivity index (χ1v) is 5.76. The fraction of sp³-hybridized carbons (Fsp3) is 0.429. The number of hydrogen-bond donors (Lipinski definition) is 1. The Kier molecular flexibility index (Phi) is 8.88. The lowest BCUT2D eigenvalue weighted by atomic mass is 10.2. The molecule has 0 aromatic heterocycles. The molecule has 1 rings (SSSR count). The van der Waals surface area contributed by atoms with E-state index in [0.717, 1.165) is 18.8 Å². The SMILES string of the molecule is C/C=C/c1ccc(O)c(OC)c1.CCOCC. The van der Waals surface area contributed by atoms with Crippen LogP contribution in [-0.2, 0) is 4.74 Å². The second-order valence-corrected chi connectivity index (χ2v) is 3.21. The molecule has 0 heterocycles. The average molecular weight is 238 g/mol.